The molecule has 2 nitrogen and oxygen atoms in total. The van der Waals surface area contributed by atoms with Gasteiger partial charge in [0.05, 0.1) is 0 Å². The predicted octanol–water partition coefficient (Wildman–Crippen LogP) is 4.74. The Hall–Kier alpha value is -2.65. The van der Waals surface area contributed by atoms with E-state index in [9.17, 15) is 4.39 Å². The van der Waals surface area contributed by atoms with Gasteiger partial charge in [0.2, 0.25) is 0 Å². The third-order valence-electron chi connectivity index (χ3n) is 3.98. The number of hydrogen-bond acceptors (Lipinski definition) is 2. The van der Waals surface area contributed by atoms with Crippen molar-refractivity contribution in [1.82, 2.24) is 5.32 Å². The summed E-state index contributed by atoms with van der Waals surface area (Å²) < 4.78 is 18.7. The van der Waals surface area contributed by atoms with Gasteiger partial charge in [0.25, 0.3) is 0 Å². The van der Waals surface area contributed by atoms with Crippen molar-refractivity contribution in [1.29, 1.82) is 0 Å². The minimum Gasteiger partial charge on any atom is -0.489 e. The van der Waals surface area contributed by atoms with Gasteiger partial charge < -0.3 is 10.1 Å². The van der Waals surface area contributed by atoms with E-state index in [4.69, 9.17) is 4.74 Å². The average Bonchev–Trinajstić information content (AvgIpc) is 2.66. The zero-order valence-corrected chi connectivity index (χ0v) is 14.1. The zero-order chi connectivity index (χ0) is 17.3. The molecule has 3 rings (SSSR count). The normalized spacial score (nSPS) is 10.6. The van der Waals surface area contributed by atoms with Crippen LogP contribution in [0.15, 0.2) is 78.9 Å². The first kappa shape index (κ1) is 17.2. The van der Waals surface area contributed by atoms with Crippen molar-refractivity contribution in [3.8, 4) is 5.75 Å². The van der Waals surface area contributed by atoms with E-state index in [1.54, 1.807) is 0 Å². The SMILES string of the molecule is Fc1ccc(CCNCc2cccc(OCc3ccccc3)c2)cc1. The van der Waals surface area contributed by atoms with Gasteiger partial charge in [0, 0.05) is 6.54 Å². The second-order valence-electron chi connectivity index (χ2n) is 5.97. The monoisotopic (exact) mass is 335 g/mol. The molecule has 25 heavy (non-hydrogen) atoms. The molecule has 1 N–H and O–H groups in total. The Morgan fingerprint density at radius 2 is 1.52 bits per heavy atom. The molecule has 0 aromatic heterocycles. The van der Waals surface area contributed by atoms with Crippen LogP contribution >= 0.6 is 0 Å². The predicted molar refractivity (Wildman–Crippen MR) is 99.0 cm³/mol. The third kappa shape index (κ3) is 5.73. The van der Waals surface area contributed by atoms with Crippen LogP contribution < -0.4 is 10.1 Å². The molecule has 0 radical (unpaired) electrons. The number of nitrogens with one attached hydrogen (secondary N) is 1. The van der Waals surface area contributed by atoms with Gasteiger partial charge in [-0.25, -0.2) is 4.39 Å². The minimum atomic E-state index is -0.191. The van der Waals surface area contributed by atoms with Gasteiger partial charge in [-0.1, -0.05) is 54.6 Å². The lowest BCUT2D eigenvalue weighted by molar-refractivity contribution is 0.306. The van der Waals surface area contributed by atoms with Gasteiger partial charge in [0.1, 0.15) is 18.2 Å². The van der Waals surface area contributed by atoms with E-state index in [0.717, 1.165) is 36.4 Å². The van der Waals surface area contributed by atoms with E-state index >= 15 is 0 Å². The maximum atomic E-state index is 12.9. The number of ether oxygens (including phenoxy) is 1. The first-order valence-electron chi connectivity index (χ1n) is 8.50. The summed E-state index contributed by atoms with van der Waals surface area (Å²) in [6.45, 7) is 2.20. The minimum absolute atomic E-state index is 0.191. The van der Waals surface area contributed by atoms with Crippen LogP contribution in [-0.4, -0.2) is 6.54 Å². The standard InChI is InChI=1S/C22H22FNO/c23-21-11-9-18(10-12-21)13-14-24-16-20-7-4-8-22(15-20)25-17-19-5-2-1-3-6-19/h1-12,15,24H,13-14,16-17H2. The van der Waals surface area contributed by atoms with Crippen LogP contribution in [0.5, 0.6) is 5.75 Å². The van der Waals surface area contributed by atoms with Crippen LogP contribution in [0.4, 0.5) is 4.39 Å². The molecule has 0 aliphatic heterocycles. The molecule has 0 saturated heterocycles. The fourth-order valence-electron chi connectivity index (χ4n) is 2.60. The Bertz CT molecular complexity index is 772. The Kier molecular flexibility index (Phi) is 6.18. The highest BCUT2D eigenvalue weighted by Gasteiger charge is 1.99. The lowest BCUT2D eigenvalue weighted by atomic mass is 10.1. The van der Waals surface area contributed by atoms with Gasteiger partial charge in [-0.05, 0) is 53.9 Å². The Balaban J connectivity index is 1.44. The molecule has 3 heteroatoms. The summed E-state index contributed by atoms with van der Waals surface area (Å²) in [5.74, 6) is 0.686. The molecule has 0 aliphatic rings. The van der Waals surface area contributed by atoms with E-state index in [2.05, 4.69) is 29.6 Å². The van der Waals surface area contributed by atoms with E-state index in [1.165, 1.54) is 17.7 Å². The summed E-state index contributed by atoms with van der Waals surface area (Å²) in [6, 6.07) is 24.9. The van der Waals surface area contributed by atoms with Crippen LogP contribution in [0.2, 0.25) is 0 Å². The van der Waals surface area contributed by atoms with Crippen molar-refractivity contribution in [3.63, 3.8) is 0 Å². The van der Waals surface area contributed by atoms with E-state index in [-0.39, 0.29) is 5.82 Å². The van der Waals surface area contributed by atoms with Crippen LogP contribution in [0.3, 0.4) is 0 Å². The maximum Gasteiger partial charge on any atom is 0.123 e. The first-order chi connectivity index (χ1) is 12.3. The number of benzene rings is 3. The summed E-state index contributed by atoms with van der Waals surface area (Å²) in [5, 5.41) is 3.42. The zero-order valence-electron chi connectivity index (χ0n) is 14.1. The number of rotatable bonds is 8. The summed E-state index contributed by atoms with van der Waals surface area (Å²) in [5.41, 5.74) is 3.48. The Labute approximate surface area is 148 Å². The van der Waals surface area contributed by atoms with E-state index < -0.39 is 0 Å². The number of halogens is 1. The fourth-order valence-corrected chi connectivity index (χ4v) is 2.60. The molecule has 0 bridgehead atoms. The van der Waals surface area contributed by atoms with Gasteiger partial charge in [0.15, 0.2) is 0 Å². The Morgan fingerprint density at radius 1 is 0.760 bits per heavy atom. The van der Waals surface area contributed by atoms with Crippen molar-refractivity contribution < 1.29 is 9.13 Å². The van der Waals surface area contributed by atoms with Crippen molar-refractivity contribution in [3.05, 3.63) is 101 Å². The van der Waals surface area contributed by atoms with Gasteiger partial charge >= 0.3 is 0 Å². The molecule has 0 spiro atoms. The highest BCUT2D eigenvalue weighted by atomic mass is 19.1. The van der Waals surface area contributed by atoms with Crippen molar-refractivity contribution in [2.24, 2.45) is 0 Å². The highest BCUT2D eigenvalue weighted by Crippen LogP contribution is 2.15. The molecule has 3 aromatic rings. The van der Waals surface area contributed by atoms with Crippen LogP contribution in [0.1, 0.15) is 16.7 Å². The quantitative estimate of drug-likeness (QED) is 0.601. The molecule has 0 atom stereocenters. The second kappa shape index (κ2) is 9.00. The lowest BCUT2D eigenvalue weighted by Gasteiger charge is -2.09. The molecule has 0 saturated carbocycles. The van der Waals surface area contributed by atoms with E-state index in [0.29, 0.717) is 6.61 Å². The average molecular weight is 335 g/mol. The van der Waals surface area contributed by atoms with Crippen LogP contribution in [0, 0.1) is 5.82 Å². The van der Waals surface area contributed by atoms with Crippen LogP contribution in [0.25, 0.3) is 0 Å². The van der Waals surface area contributed by atoms with Crippen molar-refractivity contribution in [2.75, 3.05) is 6.54 Å². The summed E-state index contributed by atoms with van der Waals surface area (Å²) in [6.07, 6.45) is 0.879. The third-order valence-corrected chi connectivity index (χ3v) is 3.98. The van der Waals surface area contributed by atoms with Crippen molar-refractivity contribution >= 4 is 0 Å². The second-order valence-corrected chi connectivity index (χ2v) is 5.97. The summed E-state index contributed by atoms with van der Waals surface area (Å²) in [4.78, 5) is 0. The summed E-state index contributed by atoms with van der Waals surface area (Å²) in [7, 11) is 0. The maximum absolute atomic E-state index is 12.9. The van der Waals surface area contributed by atoms with Gasteiger partial charge in [-0.15, -0.1) is 0 Å². The fraction of sp³-hybridized carbons (Fsp3) is 0.182. The molecule has 0 amide bonds. The molecule has 0 aliphatic carbocycles. The molecule has 3 aromatic carbocycles. The largest absolute Gasteiger partial charge is 0.489 e. The topological polar surface area (TPSA) is 21.3 Å². The molecular weight excluding hydrogens is 313 g/mol. The molecule has 0 unspecified atom stereocenters. The molecule has 0 fully saturated rings. The van der Waals surface area contributed by atoms with Crippen LogP contribution in [-0.2, 0) is 19.6 Å². The van der Waals surface area contributed by atoms with Crippen molar-refractivity contribution in [2.45, 2.75) is 19.6 Å². The molecule has 128 valence electrons. The highest BCUT2D eigenvalue weighted by molar-refractivity contribution is 5.29. The van der Waals surface area contributed by atoms with Gasteiger partial charge in [-0.2, -0.15) is 0 Å². The van der Waals surface area contributed by atoms with E-state index in [1.807, 2.05) is 42.5 Å². The lowest BCUT2D eigenvalue weighted by Crippen LogP contribution is -2.16. The summed E-state index contributed by atoms with van der Waals surface area (Å²) >= 11 is 0. The first-order valence-corrected chi connectivity index (χ1v) is 8.50. The molecular formula is C22H22FNO. The number of hydrogen-bond donors (Lipinski definition) is 1. The Morgan fingerprint density at radius 3 is 2.32 bits per heavy atom. The smallest absolute Gasteiger partial charge is 0.123 e. The molecule has 0 heterocycles. The van der Waals surface area contributed by atoms with Gasteiger partial charge in [-0.3, -0.25) is 0 Å².